The Hall–Kier alpha value is -1.74. The van der Waals surface area contributed by atoms with Crippen molar-refractivity contribution in [3.63, 3.8) is 0 Å². The van der Waals surface area contributed by atoms with Gasteiger partial charge in [0.15, 0.2) is 5.82 Å². The molecule has 2 aliphatic heterocycles. The summed E-state index contributed by atoms with van der Waals surface area (Å²) in [7, 11) is 0. The average Bonchev–Trinajstić information content (AvgIpc) is 3.27. The number of carbonyl (C=O) groups excluding carboxylic acids is 1. The van der Waals surface area contributed by atoms with Crippen LogP contribution in [0.15, 0.2) is 34.3 Å². The van der Waals surface area contributed by atoms with Crippen molar-refractivity contribution in [2.45, 2.75) is 16.3 Å². The molecule has 7 nitrogen and oxygen atoms in total. The predicted molar refractivity (Wildman–Crippen MR) is 115 cm³/mol. The van der Waals surface area contributed by atoms with Gasteiger partial charge in [0.05, 0.1) is 28.8 Å². The molecule has 1 amide bonds. The van der Waals surface area contributed by atoms with E-state index in [0.29, 0.717) is 66.1 Å². The summed E-state index contributed by atoms with van der Waals surface area (Å²) in [5.41, 5.74) is 6.15. The van der Waals surface area contributed by atoms with Crippen LogP contribution in [0.4, 0.5) is 11.6 Å². The summed E-state index contributed by atoms with van der Waals surface area (Å²) >= 11 is 13.6. The first-order valence-corrected chi connectivity index (χ1v) is 11.0. The molecule has 154 valence electrons. The van der Waals surface area contributed by atoms with E-state index in [-0.39, 0.29) is 11.8 Å². The number of nitrogen functional groups attached to an aromatic ring is 1. The van der Waals surface area contributed by atoms with Crippen molar-refractivity contribution in [1.82, 2.24) is 14.9 Å². The van der Waals surface area contributed by atoms with Crippen LogP contribution >= 0.6 is 35.0 Å². The topological polar surface area (TPSA) is 84.6 Å². The van der Waals surface area contributed by atoms with Crippen molar-refractivity contribution in [3.8, 4) is 0 Å². The summed E-state index contributed by atoms with van der Waals surface area (Å²) in [5, 5.41) is 1.53. The molecule has 29 heavy (non-hydrogen) atoms. The summed E-state index contributed by atoms with van der Waals surface area (Å²) in [4.78, 5) is 26.3. The molecule has 1 unspecified atom stereocenters. The number of hydrogen-bond donors (Lipinski definition) is 1. The number of carbonyl (C=O) groups is 1. The lowest BCUT2D eigenvalue weighted by molar-refractivity contribution is -0.135. The third-order valence-electron chi connectivity index (χ3n) is 5.07. The van der Waals surface area contributed by atoms with Gasteiger partial charge in [-0.3, -0.25) is 4.79 Å². The number of ether oxygens (including phenoxy) is 1. The number of nitrogens with zero attached hydrogens (tertiary/aromatic N) is 4. The molecule has 0 spiro atoms. The lowest BCUT2D eigenvalue weighted by Gasteiger charge is -2.36. The van der Waals surface area contributed by atoms with Crippen LogP contribution in [0.25, 0.3) is 0 Å². The van der Waals surface area contributed by atoms with Gasteiger partial charge in [0, 0.05) is 37.7 Å². The highest BCUT2D eigenvalue weighted by Gasteiger charge is 2.30. The van der Waals surface area contributed by atoms with E-state index in [0.717, 1.165) is 11.3 Å². The Bertz CT molecular complexity index is 902. The molecule has 0 saturated carbocycles. The first-order chi connectivity index (χ1) is 14.0. The lowest BCUT2D eigenvalue weighted by Crippen LogP contribution is -2.50. The van der Waals surface area contributed by atoms with E-state index in [1.54, 1.807) is 12.3 Å². The molecule has 0 aliphatic carbocycles. The first kappa shape index (κ1) is 20.5. The van der Waals surface area contributed by atoms with Gasteiger partial charge in [-0.2, -0.15) is 0 Å². The highest BCUT2D eigenvalue weighted by Crippen LogP contribution is 2.38. The molecule has 1 atom stereocenters. The van der Waals surface area contributed by atoms with Crippen LogP contribution in [0.5, 0.6) is 0 Å². The number of amides is 1. The Morgan fingerprint density at radius 1 is 1.24 bits per heavy atom. The molecule has 2 aromatic rings. The summed E-state index contributed by atoms with van der Waals surface area (Å²) in [6.45, 7) is 3.92. The fourth-order valence-corrected chi connectivity index (χ4v) is 4.71. The van der Waals surface area contributed by atoms with Gasteiger partial charge < -0.3 is 20.3 Å². The van der Waals surface area contributed by atoms with Crippen LogP contribution < -0.4 is 10.6 Å². The molecule has 2 fully saturated rings. The fraction of sp³-hybridized carbons (Fsp3) is 0.421. The van der Waals surface area contributed by atoms with Crippen LogP contribution in [-0.2, 0) is 9.53 Å². The molecule has 0 bridgehead atoms. The summed E-state index contributed by atoms with van der Waals surface area (Å²) in [5.74, 6) is 1.25. The van der Waals surface area contributed by atoms with Gasteiger partial charge in [-0.05, 0) is 18.6 Å². The number of hydrogen-bond acceptors (Lipinski definition) is 7. The third-order valence-corrected chi connectivity index (χ3v) is 7.07. The number of anilines is 2. The van der Waals surface area contributed by atoms with Crippen molar-refractivity contribution in [2.24, 2.45) is 5.92 Å². The van der Waals surface area contributed by atoms with Gasteiger partial charge >= 0.3 is 0 Å². The zero-order valence-electron chi connectivity index (χ0n) is 15.7. The summed E-state index contributed by atoms with van der Waals surface area (Å²) in [6, 6.07) is 5.42. The molecule has 2 aliphatic rings. The van der Waals surface area contributed by atoms with E-state index in [4.69, 9.17) is 33.7 Å². The largest absolute Gasteiger partial charge is 0.381 e. The molecule has 2 saturated heterocycles. The summed E-state index contributed by atoms with van der Waals surface area (Å²) in [6.07, 6.45) is 2.52. The Kier molecular flexibility index (Phi) is 6.34. The zero-order valence-corrected chi connectivity index (χ0v) is 18.0. The predicted octanol–water partition coefficient (Wildman–Crippen LogP) is 3.20. The quantitative estimate of drug-likeness (QED) is 0.760. The van der Waals surface area contributed by atoms with Gasteiger partial charge in [-0.1, -0.05) is 41.0 Å². The maximum absolute atomic E-state index is 12.5. The number of nitrogens with two attached hydrogens (primary N) is 1. The van der Waals surface area contributed by atoms with Gasteiger partial charge in [-0.25, -0.2) is 9.97 Å². The second-order valence-corrected chi connectivity index (χ2v) is 8.76. The molecule has 10 heteroatoms. The SMILES string of the molecule is Nc1nc(N2CCN(C(=O)C3CCOC3)CC2)cnc1Sc1cccc(Cl)c1Cl. The molecule has 2 N–H and O–H groups in total. The Morgan fingerprint density at radius 2 is 2.03 bits per heavy atom. The smallest absolute Gasteiger partial charge is 0.228 e. The van der Waals surface area contributed by atoms with Crippen LogP contribution in [0.2, 0.25) is 10.0 Å². The molecule has 1 aromatic heterocycles. The molecule has 3 heterocycles. The average molecular weight is 454 g/mol. The van der Waals surface area contributed by atoms with Crippen molar-refractivity contribution in [2.75, 3.05) is 50.0 Å². The van der Waals surface area contributed by atoms with Crippen LogP contribution in [0, 0.1) is 5.92 Å². The van der Waals surface area contributed by atoms with E-state index >= 15 is 0 Å². The number of benzene rings is 1. The zero-order chi connectivity index (χ0) is 20.4. The van der Waals surface area contributed by atoms with Crippen LogP contribution in [0.3, 0.4) is 0 Å². The number of aromatic nitrogens is 2. The van der Waals surface area contributed by atoms with E-state index < -0.39 is 0 Å². The summed E-state index contributed by atoms with van der Waals surface area (Å²) < 4.78 is 5.33. The van der Waals surface area contributed by atoms with Crippen molar-refractivity contribution in [3.05, 3.63) is 34.4 Å². The van der Waals surface area contributed by atoms with Crippen LogP contribution in [-0.4, -0.2) is 60.2 Å². The van der Waals surface area contributed by atoms with Crippen LogP contribution in [0.1, 0.15) is 6.42 Å². The van der Waals surface area contributed by atoms with Gasteiger partial charge in [0.1, 0.15) is 10.8 Å². The molecule has 1 aromatic carbocycles. The highest BCUT2D eigenvalue weighted by molar-refractivity contribution is 7.99. The maximum atomic E-state index is 12.5. The van der Waals surface area contributed by atoms with Gasteiger partial charge in [0.25, 0.3) is 0 Å². The Labute approximate surface area is 183 Å². The lowest BCUT2D eigenvalue weighted by atomic mass is 10.1. The molecule has 0 radical (unpaired) electrons. The fourth-order valence-electron chi connectivity index (χ4n) is 3.42. The monoisotopic (exact) mass is 453 g/mol. The molecular weight excluding hydrogens is 433 g/mol. The van der Waals surface area contributed by atoms with E-state index in [9.17, 15) is 4.79 Å². The highest BCUT2D eigenvalue weighted by atomic mass is 35.5. The normalized spacial score (nSPS) is 19.6. The molecule has 4 rings (SSSR count). The molecular formula is C19H21Cl2N5O2S. The van der Waals surface area contributed by atoms with Crippen molar-refractivity contribution >= 4 is 52.5 Å². The standard InChI is InChI=1S/C19H21Cl2N5O2S/c20-13-2-1-3-14(16(13)21)29-18-17(22)24-15(10-23-18)25-5-7-26(8-6-25)19(27)12-4-9-28-11-12/h1-3,10,12H,4-9,11H2,(H2,22,24). The first-order valence-electron chi connectivity index (χ1n) is 9.39. The minimum atomic E-state index is 0.00612. The third kappa shape index (κ3) is 4.55. The van der Waals surface area contributed by atoms with E-state index in [1.165, 1.54) is 11.8 Å². The number of rotatable bonds is 4. The van der Waals surface area contributed by atoms with Crippen molar-refractivity contribution < 1.29 is 9.53 Å². The minimum Gasteiger partial charge on any atom is -0.381 e. The Balaban J connectivity index is 1.39. The van der Waals surface area contributed by atoms with Gasteiger partial charge in [-0.15, -0.1) is 0 Å². The van der Waals surface area contributed by atoms with E-state index in [2.05, 4.69) is 14.9 Å². The van der Waals surface area contributed by atoms with E-state index in [1.807, 2.05) is 17.0 Å². The second kappa shape index (κ2) is 8.95. The number of halogens is 2. The van der Waals surface area contributed by atoms with Crippen molar-refractivity contribution in [1.29, 1.82) is 0 Å². The van der Waals surface area contributed by atoms with Gasteiger partial charge in [0.2, 0.25) is 5.91 Å². The Morgan fingerprint density at radius 3 is 2.72 bits per heavy atom. The minimum absolute atomic E-state index is 0.00612. The second-order valence-electron chi connectivity index (χ2n) is 6.95. The number of piperazine rings is 1. The maximum Gasteiger partial charge on any atom is 0.228 e.